The van der Waals surface area contributed by atoms with E-state index in [-0.39, 0.29) is 5.91 Å². The van der Waals surface area contributed by atoms with Gasteiger partial charge in [-0.15, -0.1) is 11.3 Å². The number of carbonyl (C=O) groups is 1. The second-order valence-corrected chi connectivity index (χ2v) is 7.67. The zero-order valence-corrected chi connectivity index (χ0v) is 16.5. The van der Waals surface area contributed by atoms with Crippen molar-refractivity contribution in [3.05, 3.63) is 77.9 Å². The second-order valence-electron chi connectivity index (χ2n) is 6.64. The minimum absolute atomic E-state index is 0.0478. The molecule has 0 atom stereocenters. The van der Waals surface area contributed by atoms with E-state index in [1.54, 1.807) is 18.4 Å². The van der Waals surface area contributed by atoms with E-state index in [1.807, 2.05) is 48.5 Å². The molecule has 4 nitrogen and oxygen atoms in total. The van der Waals surface area contributed by atoms with Crippen molar-refractivity contribution < 1.29 is 9.53 Å². The summed E-state index contributed by atoms with van der Waals surface area (Å²) < 4.78 is 6.32. The molecule has 5 heteroatoms. The zero-order valence-electron chi connectivity index (χ0n) is 15.7. The number of benzene rings is 3. The number of fused-ring (bicyclic) bond motifs is 1. The molecular formula is C23H20N2O2S. The summed E-state index contributed by atoms with van der Waals surface area (Å²) in [5.74, 6) is 0.734. The molecule has 1 heterocycles. The van der Waals surface area contributed by atoms with Crippen LogP contribution in [0.5, 0.6) is 5.75 Å². The van der Waals surface area contributed by atoms with Crippen molar-refractivity contribution in [1.82, 2.24) is 4.98 Å². The van der Waals surface area contributed by atoms with Gasteiger partial charge in [-0.1, -0.05) is 18.2 Å². The van der Waals surface area contributed by atoms with Crippen molar-refractivity contribution in [1.29, 1.82) is 0 Å². The Morgan fingerprint density at radius 2 is 1.79 bits per heavy atom. The molecule has 140 valence electrons. The Kier molecular flexibility index (Phi) is 5.08. The fourth-order valence-corrected chi connectivity index (χ4v) is 4.05. The largest absolute Gasteiger partial charge is 0.497 e. The van der Waals surface area contributed by atoms with E-state index in [0.29, 0.717) is 6.42 Å². The number of methoxy groups -OCH3 is 1. The fraction of sp³-hybridized carbons (Fsp3) is 0.130. The smallest absolute Gasteiger partial charge is 0.228 e. The molecule has 0 fully saturated rings. The average molecular weight is 388 g/mol. The summed E-state index contributed by atoms with van der Waals surface area (Å²) in [4.78, 5) is 17.0. The lowest BCUT2D eigenvalue weighted by Crippen LogP contribution is -2.14. The number of rotatable bonds is 5. The van der Waals surface area contributed by atoms with Crippen LogP contribution in [0.3, 0.4) is 0 Å². The van der Waals surface area contributed by atoms with E-state index in [1.165, 1.54) is 10.3 Å². The molecule has 0 bridgehead atoms. The lowest BCUT2D eigenvalue weighted by molar-refractivity contribution is -0.115. The molecule has 0 unspecified atom stereocenters. The predicted molar refractivity (Wildman–Crippen MR) is 115 cm³/mol. The highest BCUT2D eigenvalue weighted by Crippen LogP contribution is 2.31. The maximum absolute atomic E-state index is 12.3. The van der Waals surface area contributed by atoms with E-state index in [0.717, 1.165) is 33.1 Å². The van der Waals surface area contributed by atoms with E-state index in [2.05, 4.69) is 30.4 Å². The zero-order chi connectivity index (χ0) is 19.5. The van der Waals surface area contributed by atoms with Crippen LogP contribution in [0.25, 0.3) is 20.8 Å². The van der Waals surface area contributed by atoms with Crippen LogP contribution in [-0.2, 0) is 11.2 Å². The topological polar surface area (TPSA) is 51.2 Å². The van der Waals surface area contributed by atoms with Gasteiger partial charge < -0.3 is 10.1 Å². The van der Waals surface area contributed by atoms with Gasteiger partial charge in [0, 0.05) is 11.3 Å². The Balaban J connectivity index is 1.44. The number of hydrogen-bond acceptors (Lipinski definition) is 4. The molecule has 0 aliphatic rings. The molecule has 0 aliphatic carbocycles. The van der Waals surface area contributed by atoms with Crippen molar-refractivity contribution in [3.63, 3.8) is 0 Å². The number of nitrogens with zero attached hydrogens (tertiary/aromatic N) is 1. The van der Waals surface area contributed by atoms with E-state index in [4.69, 9.17) is 9.72 Å². The van der Waals surface area contributed by atoms with Crippen molar-refractivity contribution in [2.75, 3.05) is 12.4 Å². The third-order valence-electron chi connectivity index (χ3n) is 4.48. The van der Waals surface area contributed by atoms with Crippen LogP contribution < -0.4 is 10.1 Å². The predicted octanol–water partition coefficient (Wildman–Crippen LogP) is 5.46. The monoisotopic (exact) mass is 388 g/mol. The quantitative estimate of drug-likeness (QED) is 0.494. The Hall–Kier alpha value is -3.18. The number of amides is 1. The fourth-order valence-electron chi connectivity index (χ4n) is 2.99. The molecule has 0 radical (unpaired) electrons. The SMILES string of the molecule is COc1ccc(CC(=O)Nc2ccc(-c3nc4ccc(C)cc4s3)cc2)cc1. The molecule has 1 aromatic heterocycles. The molecule has 3 aromatic carbocycles. The standard InChI is InChI=1S/C23H20N2O2S/c1-15-3-12-20-21(13-15)28-23(25-20)17-6-8-18(9-7-17)24-22(26)14-16-4-10-19(27-2)11-5-16/h3-13H,14H2,1-2H3,(H,24,26). The summed E-state index contributed by atoms with van der Waals surface area (Å²) in [7, 11) is 1.63. The second kappa shape index (κ2) is 7.82. The van der Waals surface area contributed by atoms with Crippen molar-refractivity contribution in [3.8, 4) is 16.3 Å². The average Bonchev–Trinajstić information content (AvgIpc) is 3.12. The first-order chi connectivity index (χ1) is 13.6. The van der Waals surface area contributed by atoms with Crippen LogP contribution in [0.1, 0.15) is 11.1 Å². The first kappa shape index (κ1) is 18.2. The number of aryl methyl sites for hydroxylation is 1. The summed E-state index contributed by atoms with van der Waals surface area (Å²) >= 11 is 1.68. The van der Waals surface area contributed by atoms with Gasteiger partial charge in [0.15, 0.2) is 0 Å². The highest BCUT2D eigenvalue weighted by Gasteiger charge is 2.08. The van der Waals surface area contributed by atoms with Gasteiger partial charge in [-0.3, -0.25) is 4.79 Å². The number of aromatic nitrogens is 1. The molecule has 0 saturated carbocycles. The number of thiazole rings is 1. The van der Waals surface area contributed by atoms with E-state index < -0.39 is 0 Å². The van der Waals surface area contributed by atoms with Crippen molar-refractivity contribution in [2.45, 2.75) is 13.3 Å². The Bertz CT molecular complexity index is 1120. The molecule has 0 spiro atoms. The first-order valence-corrected chi connectivity index (χ1v) is 9.83. The molecule has 0 saturated heterocycles. The van der Waals surface area contributed by atoms with Crippen LogP contribution >= 0.6 is 11.3 Å². The molecule has 28 heavy (non-hydrogen) atoms. The molecular weight excluding hydrogens is 368 g/mol. The summed E-state index contributed by atoms with van der Waals surface area (Å²) in [6.07, 6.45) is 0.322. The van der Waals surface area contributed by atoms with Gasteiger partial charge in [-0.2, -0.15) is 0 Å². The first-order valence-electron chi connectivity index (χ1n) is 9.01. The van der Waals surface area contributed by atoms with Gasteiger partial charge >= 0.3 is 0 Å². The lowest BCUT2D eigenvalue weighted by atomic mass is 10.1. The highest BCUT2D eigenvalue weighted by atomic mass is 32.1. The van der Waals surface area contributed by atoms with Crippen molar-refractivity contribution in [2.24, 2.45) is 0 Å². The van der Waals surface area contributed by atoms with Crippen molar-refractivity contribution >= 4 is 33.1 Å². The summed E-state index contributed by atoms with van der Waals surface area (Å²) in [5.41, 5.74) is 5.02. The highest BCUT2D eigenvalue weighted by molar-refractivity contribution is 7.21. The summed E-state index contributed by atoms with van der Waals surface area (Å²) in [6, 6.07) is 21.6. The molecule has 1 N–H and O–H groups in total. The minimum Gasteiger partial charge on any atom is -0.497 e. The summed E-state index contributed by atoms with van der Waals surface area (Å²) in [5, 5.41) is 3.93. The number of nitrogens with one attached hydrogen (secondary N) is 1. The molecule has 0 aliphatic heterocycles. The number of carbonyl (C=O) groups excluding carboxylic acids is 1. The maximum Gasteiger partial charge on any atom is 0.228 e. The maximum atomic E-state index is 12.3. The summed E-state index contributed by atoms with van der Waals surface area (Å²) in [6.45, 7) is 2.09. The normalized spacial score (nSPS) is 10.8. The number of hydrogen-bond donors (Lipinski definition) is 1. The lowest BCUT2D eigenvalue weighted by Gasteiger charge is -2.07. The van der Waals surface area contributed by atoms with Gasteiger partial charge in [-0.25, -0.2) is 4.98 Å². The van der Waals surface area contributed by atoms with Crippen LogP contribution in [0, 0.1) is 6.92 Å². The molecule has 4 rings (SSSR count). The van der Waals surface area contributed by atoms with Gasteiger partial charge in [-0.05, 0) is 66.6 Å². The van der Waals surface area contributed by atoms with Gasteiger partial charge in [0.05, 0.1) is 23.7 Å². The minimum atomic E-state index is -0.0478. The van der Waals surface area contributed by atoms with Gasteiger partial charge in [0.1, 0.15) is 10.8 Å². The van der Waals surface area contributed by atoms with Crippen LogP contribution in [0.2, 0.25) is 0 Å². The van der Waals surface area contributed by atoms with Gasteiger partial charge in [0.2, 0.25) is 5.91 Å². The van der Waals surface area contributed by atoms with Gasteiger partial charge in [0.25, 0.3) is 0 Å². The van der Waals surface area contributed by atoms with Crippen LogP contribution in [0.4, 0.5) is 5.69 Å². The van der Waals surface area contributed by atoms with Crippen LogP contribution in [0.15, 0.2) is 66.7 Å². The third-order valence-corrected chi connectivity index (χ3v) is 5.55. The Morgan fingerprint density at radius 1 is 1.04 bits per heavy atom. The van der Waals surface area contributed by atoms with E-state index >= 15 is 0 Å². The number of anilines is 1. The number of ether oxygens (including phenoxy) is 1. The molecule has 1 amide bonds. The molecule has 4 aromatic rings. The Morgan fingerprint density at radius 3 is 2.50 bits per heavy atom. The van der Waals surface area contributed by atoms with Crippen LogP contribution in [-0.4, -0.2) is 18.0 Å². The van der Waals surface area contributed by atoms with E-state index in [9.17, 15) is 4.79 Å². The Labute approximate surface area is 167 Å². The third kappa shape index (κ3) is 4.05.